The summed E-state index contributed by atoms with van der Waals surface area (Å²) >= 11 is 0. The molecule has 0 aliphatic carbocycles. The SMILES string of the molecule is CC(C)(C)OC(=O)CC1CCN(c2ccc([C@@H]3CCC(=O)NC3=O)cc2)CC1. The van der Waals surface area contributed by atoms with Gasteiger partial charge in [-0.2, -0.15) is 0 Å². The minimum atomic E-state index is -0.429. The number of imide groups is 1. The molecule has 6 nitrogen and oxygen atoms in total. The van der Waals surface area contributed by atoms with Gasteiger partial charge in [-0.25, -0.2) is 0 Å². The Balaban J connectivity index is 1.51. The van der Waals surface area contributed by atoms with Crippen LogP contribution < -0.4 is 10.2 Å². The van der Waals surface area contributed by atoms with E-state index in [0.29, 0.717) is 25.2 Å². The Morgan fingerprint density at radius 1 is 1.11 bits per heavy atom. The number of nitrogens with zero attached hydrogens (tertiary/aromatic N) is 1. The molecule has 1 atom stereocenters. The predicted octanol–water partition coefficient (Wildman–Crippen LogP) is 3.16. The smallest absolute Gasteiger partial charge is 0.306 e. The maximum Gasteiger partial charge on any atom is 0.306 e. The lowest BCUT2D eigenvalue weighted by Gasteiger charge is -2.34. The summed E-state index contributed by atoms with van der Waals surface area (Å²) in [5.74, 6) is -0.376. The number of nitrogens with one attached hydrogen (secondary N) is 1. The van der Waals surface area contributed by atoms with Crippen molar-refractivity contribution < 1.29 is 19.1 Å². The van der Waals surface area contributed by atoms with Gasteiger partial charge in [0.2, 0.25) is 11.8 Å². The van der Waals surface area contributed by atoms with Gasteiger partial charge in [0.05, 0.1) is 5.92 Å². The molecular formula is C22H30N2O4. The number of esters is 1. The summed E-state index contributed by atoms with van der Waals surface area (Å²) in [4.78, 5) is 37.7. The zero-order valence-corrected chi connectivity index (χ0v) is 17.0. The molecule has 0 saturated carbocycles. The number of amides is 2. The second-order valence-electron chi connectivity index (χ2n) is 8.82. The molecule has 28 heavy (non-hydrogen) atoms. The molecule has 152 valence electrons. The lowest BCUT2D eigenvalue weighted by Crippen LogP contribution is -2.39. The second kappa shape index (κ2) is 8.33. The van der Waals surface area contributed by atoms with Gasteiger partial charge in [0.15, 0.2) is 0 Å². The Kier molecular flexibility index (Phi) is 6.06. The predicted molar refractivity (Wildman–Crippen MR) is 107 cm³/mol. The van der Waals surface area contributed by atoms with Crippen molar-refractivity contribution in [2.24, 2.45) is 5.92 Å². The zero-order chi connectivity index (χ0) is 20.3. The largest absolute Gasteiger partial charge is 0.460 e. The van der Waals surface area contributed by atoms with Crippen LogP contribution in [0.4, 0.5) is 5.69 Å². The summed E-state index contributed by atoms with van der Waals surface area (Å²) < 4.78 is 5.43. The van der Waals surface area contributed by atoms with E-state index in [4.69, 9.17) is 4.74 Å². The monoisotopic (exact) mass is 386 g/mol. The fraction of sp³-hybridized carbons (Fsp3) is 0.591. The van der Waals surface area contributed by atoms with E-state index in [1.165, 1.54) is 0 Å². The van der Waals surface area contributed by atoms with Gasteiger partial charge in [-0.1, -0.05) is 12.1 Å². The molecule has 0 radical (unpaired) electrons. The van der Waals surface area contributed by atoms with Gasteiger partial charge < -0.3 is 9.64 Å². The molecule has 0 bridgehead atoms. The molecule has 0 spiro atoms. The summed E-state index contributed by atoms with van der Waals surface area (Å²) in [7, 11) is 0. The highest BCUT2D eigenvalue weighted by Crippen LogP contribution is 2.29. The van der Waals surface area contributed by atoms with Crippen LogP contribution in [0.25, 0.3) is 0 Å². The van der Waals surface area contributed by atoms with Gasteiger partial charge in [-0.15, -0.1) is 0 Å². The van der Waals surface area contributed by atoms with Gasteiger partial charge in [0, 0.05) is 31.6 Å². The molecule has 3 rings (SSSR count). The van der Waals surface area contributed by atoms with Crippen LogP contribution >= 0.6 is 0 Å². The van der Waals surface area contributed by atoms with Crippen molar-refractivity contribution in [3.8, 4) is 0 Å². The van der Waals surface area contributed by atoms with Crippen molar-refractivity contribution >= 4 is 23.5 Å². The van der Waals surface area contributed by atoms with Crippen molar-refractivity contribution in [1.29, 1.82) is 0 Å². The number of ether oxygens (including phenoxy) is 1. The maximum atomic E-state index is 12.0. The summed E-state index contributed by atoms with van der Waals surface area (Å²) in [6, 6.07) is 8.07. The maximum absolute atomic E-state index is 12.0. The van der Waals surface area contributed by atoms with Gasteiger partial charge in [-0.3, -0.25) is 19.7 Å². The Morgan fingerprint density at radius 3 is 2.32 bits per heavy atom. The standard InChI is InChI=1S/C22H30N2O4/c1-22(2,3)28-20(26)14-15-10-12-24(13-11-15)17-6-4-16(5-7-17)18-8-9-19(25)23-21(18)27/h4-7,15,18H,8-14H2,1-3H3,(H,23,25,27)/t18-/m0/s1. The molecule has 0 unspecified atom stereocenters. The van der Waals surface area contributed by atoms with E-state index in [2.05, 4.69) is 10.2 Å². The van der Waals surface area contributed by atoms with Crippen LogP contribution in [0, 0.1) is 5.92 Å². The fourth-order valence-corrected chi connectivity index (χ4v) is 3.94. The molecular weight excluding hydrogens is 356 g/mol. The molecule has 2 heterocycles. The molecule has 2 aliphatic heterocycles. The molecule has 2 saturated heterocycles. The molecule has 0 aromatic heterocycles. The van der Waals surface area contributed by atoms with Crippen molar-refractivity contribution in [2.45, 2.75) is 64.4 Å². The van der Waals surface area contributed by atoms with Gasteiger partial charge in [0.1, 0.15) is 5.60 Å². The third-order valence-electron chi connectivity index (χ3n) is 5.39. The van der Waals surface area contributed by atoms with Gasteiger partial charge in [-0.05, 0) is 63.6 Å². The second-order valence-corrected chi connectivity index (χ2v) is 8.82. The number of rotatable bonds is 4. The third-order valence-corrected chi connectivity index (χ3v) is 5.39. The highest BCUT2D eigenvalue weighted by atomic mass is 16.6. The van der Waals surface area contributed by atoms with Crippen LogP contribution in [0.5, 0.6) is 0 Å². The number of carbonyl (C=O) groups excluding carboxylic acids is 3. The fourth-order valence-electron chi connectivity index (χ4n) is 3.94. The summed E-state index contributed by atoms with van der Waals surface area (Å²) in [5, 5.41) is 2.41. The number of hydrogen-bond acceptors (Lipinski definition) is 5. The normalized spacial score (nSPS) is 21.4. The van der Waals surface area contributed by atoms with E-state index in [9.17, 15) is 14.4 Å². The van der Waals surface area contributed by atoms with Crippen LogP contribution in [0.3, 0.4) is 0 Å². The number of anilines is 1. The van der Waals surface area contributed by atoms with E-state index in [1.807, 2.05) is 45.0 Å². The Morgan fingerprint density at radius 2 is 1.75 bits per heavy atom. The lowest BCUT2D eigenvalue weighted by molar-refractivity contribution is -0.156. The van der Waals surface area contributed by atoms with Crippen molar-refractivity contribution in [1.82, 2.24) is 5.32 Å². The van der Waals surface area contributed by atoms with E-state index in [0.717, 1.165) is 37.2 Å². The third kappa shape index (κ3) is 5.33. The van der Waals surface area contributed by atoms with Crippen LogP contribution in [0.15, 0.2) is 24.3 Å². The molecule has 1 N–H and O–H groups in total. The lowest BCUT2D eigenvalue weighted by atomic mass is 9.90. The number of piperidine rings is 2. The molecule has 2 aliphatic rings. The Bertz CT molecular complexity index is 728. The van der Waals surface area contributed by atoms with E-state index in [-0.39, 0.29) is 23.7 Å². The minimum Gasteiger partial charge on any atom is -0.460 e. The Hall–Kier alpha value is -2.37. The molecule has 1 aromatic rings. The number of hydrogen-bond donors (Lipinski definition) is 1. The molecule has 1 aromatic carbocycles. The quantitative estimate of drug-likeness (QED) is 0.635. The van der Waals surface area contributed by atoms with Crippen LogP contribution in [0.1, 0.15) is 64.4 Å². The van der Waals surface area contributed by atoms with Gasteiger partial charge in [0.25, 0.3) is 0 Å². The molecule has 6 heteroatoms. The summed E-state index contributed by atoms with van der Waals surface area (Å²) in [5.41, 5.74) is 1.66. The first-order valence-corrected chi connectivity index (χ1v) is 10.1. The van der Waals surface area contributed by atoms with E-state index >= 15 is 0 Å². The summed E-state index contributed by atoms with van der Waals surface area (Å²) in [6.45, 7) is 7.50. The van der Waals surface area contributed by atoms with Crippen LogP contribution in [-0.4, -0.2) is 36.5 Å². The first-order valence-electron chi connectivity index (χ1n) is 10.1. The van der Waals surface area contributed by atoms with Crippen LogP contribution in [-0.2, 0) is 19.1 Å². The Labute approximate surface area is 166 Å². The van der Waals surface area contributed by atoms with Crippen molar-refractivity contribution in [3.63, 3.8) is 0 Å². The topological polar surface area (TPSA) is 75.7 Å². The average molecular weight is 386 g/mol. The molecule has 2 fully saturated rings. The first-order chi connectivity index (χ1) is 13.2. The first kappa shape index (κ1) is 20.4. The van der Waals surface area contributed by atoms with Crippen LogP contribution in [0.2, 0.25) is 0 Å². The van der Waals surface area contributed by atoms with Crippen molar-refractivity contribution in [2.75, 3.05) is 18.0 Å². The average Bonchev–Trinajstić information content (AvgIpc) is 2.61. The highest BCUT2D eigenvalue weighted by molar-refractivity contribution is 6.00. The molecule has 2 amide bonds. The van der Waals surface area contributed by atoms with E-state index < -0.39 is 5.60 Å². The minimum absolute atomic E-state index is 0.112. The summed E-state index contributed by atoms with van der Waals surface area (Å²) in [6.07, 6.45) is 3.38. The zero-order valence-electron chi connectivity index (χ0n) is 17.0. The highest BCUT2D eigenvalue weighted by Gasteiger charge is 2.28. The van der Waals surface area contributed by atoms with Gasteiger partial charge >= 0.3 is 5.97 Å². The number of benzene rings is 1. The number of carbonyl (C=O) groups is 3. The van der Waals surface area contributed by atoms with E-state index in [1.54, 1.807) is 0 Å². The van der Waals surface area contributed by atoms with Crippen molar-refractivity contribution in [3.05, 3.63) is 29.8 Å².